The highest BCUT2D eigenvalue weighted by Crippen LogP contribution is 2.26. The van der Waals surface area contributed by atoms with Gasteiger partial charge in [0.2, 0.25) is 5.13 Å². The Bertz CT molecular complexity index is 1630. The second-order valence-corrected chi connectivity index (χ2v) is 9.02. The van der Waals surface area contributed by atoms with Crippen molar-refractivity contribution >= 4 is 34.1 Å². The summed E-state index contributed by atoms with van der Waals surface area (Å²) in [5.41, 5.74) is 8.87. The van der Waals surface area contributed by atoms with E-state index in [-0.39, 0.29) is 5.69 Å². The zero-order valence-electron chi connectivity index (χ0n) is 20.1. The van der Waals surface area contributed by atoms with E-state index < -0.39 is 4.92 Å². The molecule has 2 aromatic heterocycles. The fourth-order valence-electron chi connectivity index (χ4n) is 3.81. The van der Waals surface area contributed by atoms with Crippen LogP contribution in [0.5, 0.6) is 0 Å². The minimum absolute atomic E-state index is 0.0424. The topological polar surface area (TPSA) is 103 Å². The van der Waals surface area contributed by atoms with Gasteiger partial charge in [0.15, 0.2) is 5.49 Å². The quantitative estimate of drug-likeness (QED) is 0.169. The molecule has 0 aliphatic carbocycles. The largest absolute Gasteiger partial charge is 0.284 e. The van der Waals surface area contributed by atoms with Crippen LogP contribution in [0.2, 0.25) is 0 Å². The number of nitro groups is 1. The lowest BCUT2D eigenvalue weighted by Gasteiger charge is -2.09. The summed E-state index contributed by atoms with van der Waals surface area (Å²) in [7, 11) is 1.97. The lowest BCUT2D eigenvalue weighted by atomic mass is 10.1. The van der Waals surface area contributed by atoms with Gasteiger partial charge in [-0.25, -0.2) is 9.67 Å². The Balaban J connectivity index is 1.53. The number of aromatic nitrogens is 3. The van der Waals surface area contributed by atoms with Gasteiger partial charge in [0.25, 0.3) is 5.69 Å². The third-order valence-electron chi connectivity index (χ3n) is 5.82. The molecule has 0 saturated heterocycles. The van der Waals surface area contributed by atoms with Gasteiger partial charge in [0.1, 0.15) is 5.69 Å². The number of rotatable bonds is 7. The average Bonchev–Trinajstić information content (AvgIpc) is 3.50. The molecule has 0 fully saturated rings. The Hall–Kier alpha value is -4.83. The molecule has 37 heavy (non-hydrogen) atoms. The van der Waals surface area contributed by atoms with Crippen LogP contribution in [-0.4, -0.2) is 25.5 Å². The van der Waals surface area contributed by atoms with E-state index in [4.69, 9.17) is 10.1 Å². The highest BCUT2D eigenvalue weighted by Gasteiger charge is 2.15. The van der Waals surface area contributed by atoms with Gasteiger partial charge < -0.3 is 0 Å². The molecule has 5 aromatic rings. The van der Waals surface area contributed by atoms with E-state index in [1.165, 1.54) is 23.5 Å². The highest BCUT2D eigenvalue weighted by atomic mass is 32.1. The SMILES string of the molecule is Cc1c(N=Cc2ccccc2)/c(=N\Nc2nc(-c3ccc([N+](=O)[O-])cc3)cs2)n(-c2ccccc2)n1C. The molecule has 0 radical (unpaired) electrons. The number of nitrogens with one attached hydrogen (secondary N) is 1. The number of aliphatic imine (C=N–C) groups is 1. The molecule has 10 heteroatoms. The number of para-hydroxylation sites is 1. The van der Waals surface area contributed by atoms with Gasteiger partial charge in [-0.2, -0.15) is 5.10 Å². The Morgan fingerprint density at radius 3 is 2.35 bits per heavy atom. The van der Waals surface area contributed by atoms with Crippen molar-refractivity contribution in [3.8, 4) is 16.9 Å². The van der Waals surface area contributed by atoms with E-state index in [1.54, 1.807) is 12.1 Å². The van der Waals surface area contributed by atoms with Crippen LogP contribution in [-0.2, 0) is 7.05 Å². The van der Waals surface area contributed by atoms with E-state index in [0.717, 1.165) is 28.2 Å². The Morgan fingerprint density at radius 1 is 1.00 bits per heavy atom. The highest BCUT2D eigenvalue weighted by molar-refractivity contribution is 7.14. The third-order valence-corrected chi connectivity index (χ3v) is 6.57. The molecule has 0 amide bonds. The first kappa shape index (κ1) is 23.9. The lowest BCUT2D eigenvalue weighted by Crippen LogP contribution is -2.22. The van der Waals surface area contributed by atoms with Crippen LogP contribution < -0.4 is 10.9 Å². The molecule has 9 nitrogen and oxygen atoms in total. The zero-order chi connectivity index (χ0) is 25.8. The number of anilines is 1. The Labute approximate surface area is 216 Å². The van der Waals surface area contributed by atoms with Crippen LogP contribution >= 0.6 is 11.3 Å². The lowest BCUT2D eigenvalue weighted by molar-refractivity contribution is -0.384. The number of thiazole rings is 1. The molecule has 5 rings (SSSR count). The molecule has 0 spiro atoms. The maximum Gasteiger partial charge on any atom is 0.269 e. The standard InChI is InChI=1S/C27H23N7O2S/c1-19-25(28-17-20-9-5-3-6-10-20)26(33(32(19)2)22-11-7-4-8-12-22)30-31-27-29-24(18-37-27)21-13-15-23(16-14-21)34(35)36/h3-18H,1-2H3,(H,29,31)/b28-17?,30-26+. The summed E-state index contributed by atoms with van der Waals surface area (Å²) >= 11 is 1.40. The molecular weight excluding hydrogens is 486 g/mol. The predicted molar refractivity (Wildman–Crippen MR) is 147 cm³/mol. The maximum atomic E-state index is 10.9. The second kappa shape index (κ2) is 10.4. The number of benzene rings is 3. The summed E-state index contributed by atoms with van der Waals surface area (Å²) in [6.45, 7) is 2.01. The molecule has 184 valence electrons. The van der Waals surface area contributed by atoms with Crippen LogP contribution in [0.25, 0.3) is 16.9 Å². The minimum Gasteiger partial charge on any atom is -0.284 e. The summed E-state index contributed by atoms with van der Waals surface area (Å²) in [6.07, 6.45) is 1.83. The van der Waals surface area contributed by atoms with Gasteiger partial charge in [0.05, 0.1) is 22.0 Å². The molecule has 0 bridgehead atoms. The molecular formula is C27H23N7O2S. The van der Waals surface area contributed by atoms with E-state index in [1.807, 2.05) is 95.6 Å². The van der Waals surface area contributed by atoms with Crippen molar-refractivity contribution in [3.05, 3.63) is 117 Å². The Kier molecular flexibility index (Phi) is 6.73. The first-order valence-corrected chi connectivity index (χ1v) is 12.3. The van der Waals surface area contributed by atoms with Gasteiger partial charge in [-0.1, -0.05) is 48.5 Å². The Morgan fingerprint density at radius 2 is 1.68 bits per heavy atom. The smallest absolute Gasteiger partial charge is 0.269 e. The summed E-state index contributed by atoms with van der Waals surface area (Å²) < 4.78 is 4.00. The minimum atomic E-state index is -0.418. The van der Waals surface area contributed by atoms with E-state index in [9.17, 15) is 10.1 Å². The summed E-state index contributed by atoms with van der Waals surface area (Å²) in [5, 5.41) is 18.1. The predicted octanol–water partition coefficient (Wildman–Crippen LogP) is 5.83. The summed E-state index contributed by atoms with van der Waals surface area (Å²) in [6, 6.07) is 26.2. The van der Waals surface area contributed by atoms with Crippen molar-refractivity contribution < 1.29 is 4.92 Å². The first-order valence-electron chi connectivity index (χ1n) is 11.4. The van der Waals surface area contributed by atoms with E-state index in [0.29, 0.717) is 16.3 Å². The van der Waals surface area contributed by atoms with Crippen LogP contribution in [0, 0.1) is 17.0 Å². The first-order chi connectivity index (χ1) is 18.0. The maximum absolute atomic E-state index is 10.9. The second-order valence-electron chi connectivity index (χ2n) is 8.16. The third kappa shape index (κ3) is 5.09. The summed E-state index contributed by atoms with van der Waals surface area (Å²) in [4.78, 5) is 19.9. The van der Waals surface area contributed by atoms with Crippen molar-refractivity contribution in [1.82, 2.24) is 14.3 Å². The van der Waals surface area contributed by atoms with Crippen LogP contribution in [0.4, 0.5) is 16.5 Å². The van der Waals surface area contributed by atoms with Crippen molar-refractivity contribution in [2.24, 2.45) is 17.1 Å². The van der Waals surface area contributed by atoms with Crippen molar-refractivity contribution in [2.45, 2.75) is 6.92 Å². The number of non-ortho nitro benzene ring substituents is 1. The molecule has 0 atom stereocenters. The van der Waals surface area contributed by atoms with Gasteiger partial charge in [-0.05, 0) is 36.8 Å². The van der Waals surface area contributed by atoms with Crippen molar-refractivity contribution in [1.29, 1.82) is 0 Å². The van der Waals surface area contributed by atoms with Crippen molar-refractivity contribution in [2.75, 3.05) is 5.43 Å². The van der Waals surface area contributed by atoms with Crippen LogP contribution in [0.15, 0.2) is 100 Å². The van der Waals surface area contributed by atoms with Crippen LogP contribution in [0.3, 0.4) is 0 Å². The van der Waals surface area contributed by atoms with Gasteiger partial charge in [-0.3, -0.25) is 25.2 Å². The number of hydrogen-bond donors (Lipinski definition) is 1. The fraction of sp³-hybridized carbons (Fsp3) is 0.0741. The summed E-state index contributed by atoms with van der Waals surface area (Å²) in [5.74, 6) is 0. The number of nitro benzene ring substituents is 1. The molecule has 0 aliphatic heterocycles. The molecule has 2 heterocycles. The molecule has 0 saturated carbocycles. The van der Waals surface area contributed by atoms with Crippen LogP contribution in [0.1, 0.15) is 11.3 Å². The molecule has 0 unspecified atom stereocenters. The fourth-order valence-corrected chi connectivity index (χ4v) is 4.48. The van der Waals surface area contributed by atoms with E-state index >= 15 is 0 Å². The molecule has 3 aromatic carbocycles. The van der Waals surface area contributed by atoms with Gasteiger partial charge in [0, 0.05) is 36.3 Å². The van der Waals surface area contributed by atoms with Gasteiger partial charge >= 0.3 is 0 Å². The number of hydrogen-bond acceptors (Lipinski definition) is 7. The zero-order valence-corrected chi connectivity index (χ0v) is 21.0. The van der Waals surface area contributed by atoms with Gasteiger partial charge in [-0.15, -0.1) is 11.3 Å². The van der Waals surface area contributed by atoms with Crippen molar-refractivity contribution in [3.63, 3.8) is 0 Å². The monoisotopic (exact) mass is 509 g/mol. The molecule has 1 N–H and O–H groups in total. The molecule has 0 aliphatic rings. The van der Waals surface area contributed by atoms with E-state index in [2.05, 4.69) is 10.4 Å². The number of nitrogens with zero attached hydrogens (tertiary/aromatic N) is 6. The normalized spacial score (nSPS) is 11.8. The average molecular weight is 510 g/mol.